The maximum atomic E-state index is 13.8. The molecule has 0 spiro atoms. The largest absolute Gasteiger partial charge is 0.309 e. The topological polar surface area (TPSA) is 25.2 Å². The van der Waals surface area contributed by atoms with E-state index in [2.05, 4.69) is 36.1 Å². The number of rotatable bonds is 17. The second-order valence-corrected chi connectivity index (χ2v) is 9.61. The van der Waals surface area contributed by atoms with E-state index in [1.807, 2.05) is 20.3 Å². The Hall–Kier alpha value is -2.20. The van der Waals surface area contributed by atoms with E-state index >= 15 is 0 Å². The van der Waals surface area contributed by atoms with Gasteiger partial charge in [0.2, 0.25) is 5.91 Å². The van der Waals surface area contributed by atoms with Gasteiger partial charge in [0.25, 0.3) is 0 Å². The van der Waals surface area contributed by atoms with E-state index in [4.69, 9.17) is 0 Å². The summed E-state index contributed by atoms with van der Waals surface area (Å²) in [5.74, 6) is -0.143. The summed E-state index contributed by atoms with van der Waals surface area (Å²) in [7, 11) is 4.05. The summed E-state index contributed by atoms with van der Waals surface area (Å²) in [6.45, 7) is 3.11. The number of unbranched alkanes of at least 4 members (excludes halogenated alkanes) is 8. The van der Waals surface area contributed by atoms with Crippen molar-refractivity contribution in [3.63, 3.8) is 0 Å². The van der Waals surface area contributed by atoms with Crippen LogP contribution in [0.1, 0.15) is 94.3 Å². The maximum Gasteiger partial charge on any atom is 0.231 e. The van der Waals surface area contributed by atoms with E-state index in [0.717, 1.165) is 55.1 Å². The molecule has 0 saturated heterocycles. The minimum absolute atomic E-state index is 0.110. The van der Waals surface area contributed by atoms with Gasteiger partial charge in [0, 0.05) is 24.5 Å². The molecule has 1 aromatic heterocycles. The fourth-order valence-electron chi connectivity index (χ4n) is 4.23. The maximum absolute atomic E-state index is 13.8. The molecule has 0 fully saturated rings. The van der Waals surface area contributed by atoms with E-state index in [-0.39, 0.29) is 11.7 Å². The highest BCUT2D eigenvalue weighted by Crippen LogP contribution is 2.24. The first-order chi connectivity index (χ1) is 16.5. The molecule has 0 N–H and O–H groups in total. The molecule has 0 atom stereocenters. The second kappa shape index (κ2) is 16.4. The standard InChI is InChI=1S/C30H45FN2O/c1-4-5-6-7-8-9-10-11-12-13-14-15-16-17-18-19-30(34)33-25-26(22-23-32(2)3)28-24-27(31)20-21-29(28)33/h8-9,11-12,20-21,24-25H,4-7,10,13-19,22-23H2,1-3H3/b9-8-,12-11-. The number of aromatic nitrogens is 1. The van der Waals surface area contributed by atoms with Gasteiger partial charge in [-0.05, 0) is 82.8 Å². The van der Waals surface area contributed by atoms with Crippen LogP contribution in [0.15, 0.2) is 48.7 Å². The van der Waals surface area contributed by atoms with Crippen molar-refractivity contribution in [3.05, 3.63) is 60.1 Å². The molecule has 3 nitrogen and oxygen atoms in total. The van der Waals surface area contributed by atoms with Gasteiger partial charge in [0.1, 0.15) is 5.82 Å². The van der Waals surface area contributed by atoms with Gasteiger partial charge >= 0.3 is 0 Å². The monoisotopic (exact) mass is 468 g/mol. The summed E-state index contributed by atoms with van der Waals surface area (Å²) in [5, 5.41) is 0.857. The van der Waals surface area contributed by atoms with Crippen molar-refractivity contribution in [3.8, 4) is 0 Å². The van der Waals surface area contributed by atoms with Gasteiger partial charge in [-0.15, -0.1) is 0 Å². The summed E-state index contributed by atoms with van der Waals surface area (Å²) in [6, 6.07) is 4.74. The Morgan fingerprint density at radius 3 is 2.32 bits per heavy atom. The number of carbonyl (C=O) groups is 1. The molecule has 34 heavy (non-hydrogen) atoms. The lowest BCUT2D eigenvalue weighted by Crippen LogP contribution is -2.15. The van der Waals surface area contributed by atoms with E-state index < -0.39 is 0 Å². The van der Waals surface area contributed by atoms with Crippen LogP contribution in [0.4, 0.5) is 4.39 Å². The third kappa shape index (κ3) is 10.4. The Morgan fingerprint density at radius 2 is 1.62 bits per heavy atom. The Kier molecular flexibility index (Phi) is 13.6. The average molecular weight is 469 g/mol. The van der Waals surface area contributed by atoms with Crippen LogP contribution in [0.2, 0.25) is 0 Å². The van der Waals surface area contributed by atoms with Gasteiger partial charge in [-0.25, -0.2) is 4.39 Å². The molecule has 0 aliphatic carbocycles. The molecule has 4 heteroatoms. The van der Waals surface area contributed by atoms with Crippen LogP contribution in [0.25, 0.3) is 10.9 Å². The highest BCUT2D eigenvalue weighted by molar-refractivity contribution is 5.94. The molecule has 1 heterocycles. The highest BCUT2D eigenvalue weighted by Gasteiger charge is 2.14. The van der Waals surface area contributed by atoms with Crippen molar-refractivity contribution >= 4 is 16.8 Å². The van der Waals surface area contributed by atoms with E-state index in [1.165, 1.54) is 51.0 Å². The van der Waals surface area contributed by atoms with Crippen molar-refractivity contribution in [1.82, 2.24) is 9.47 Å². The summed E-state index contributed by atoms with van der Waals surface area (Å²) in [6.07, 6.45) is 25.3. The zero-order valence-electron chi connectivity index (χ0n) is 21.7. The SMILES string of the molecule is CCCCC/C=C\C/C=C\CCCCCCCC(=O)n1cc(CCN(C)C)c2cc(F)ccc21. The van der Waals surface area contributed by atoms with Crippen molar-refractivity contribution in [2.75, 3.05) is 20.6 Å². The Morgan fingerprint density at radius 1 is 0.941 bits per heavy atom. The quantitative estimate of drug-likeness (QED) is 0.172. The minimum atomic E-state index is -0.252. The molecular formula is C30H45FN2O. The number of hydrogen-bond acceptors (Lipinski definition) is 2. The van der Waals surface area contributed by atoms with Gasteiger partial charge in [-0.3, -0.25) is 9.36 Å². The predicted molar refractivity (Wildman–Crippen MR) is 144 cm³/mol. The Labute approximate surface area is 206 Å². The smallest absolute Gasteiger partial charge is 0.231 e. The molecule has 188 valence electrons. The number of nitrogens with zero attached hydrogens (tertiary/aromatic N) is 2. The minimum Gasteiger partial charge on any atom is -0.309 e. The fourth-order valence-corrected chi connectivity index (χ4v) is 4.23. The number of fused-ring (bicyclic) bond motifs is 1. The van der Waals surface area contributed by atoms with E-state index in [0.29, 0.717) is 6.42 Å². The number of likely N-dealkylation sites (N-methyl/N-ethyl adjacent to an activating group) is 1. The molecule has 0 aliphatic rings. The first kappa shape index (κ1) is 28.0. The summed E-state index contributed by atoms with van der Waals surface area (Å²) < 4.78 is 15.6. The number of benzene rings is 1. The van der Waals surface area contributed by atoms with Crippen LogP contribution in [-0.2, 0) is 6.42 Å². The number of carbonyl (C=O) groups excluding carboxylic acids is 1. The molecule has 1 aromatic carbocycles. The van der Waals surface area contributed by atoms with Gasteiger partial charge in [0.05, 0.1) is 5.52 Å². The van der Waals surface area contributed by atoms with Gasteiger partial charge in [-0.2, -0.15) is 0 Å². The second-order valence-electron chi connectivity index (χ2n) is 9.61. The van der Waals surface area contributed by atoms with Crippen molar-refractivity contribution < 1.29 is 9.18 Å². The molecule has 0 saturated carbocycles. The summed E-state index contributed by atoms with van der Waals surface area (Å²) in [5.41, 5.74) is 1.86. The van der Waals surface area contributed by atoms with Crippen LogP contribution in [0.5, 0.6) is 0 Å². The van der Waals surface area contributed by atoms with Crippen LogP contribution in [0, 0.1) is 5.82 Å². The zero-order chi connectivity index (χ0) is 24.6. The van der Waals surface area contributed by atoms with E-state index in [9.17, 15) is 9.18 Å². The lowest BCUT2D eigenvalue weighted by Gasteiger charge is -2.08. The molecule has 0 amide bonds. The molecule has 2 rings (SSSR count). The number of hydrogen-bond donors (Lipinski definition) is 0. The summed E-state index contributed by atoms with van der Waals surface area (Å²) >= 11 is 0. The Balaban J connectivity index is 1.65. The van der Waals surface area contributed by atoms with Gasteiger partial charge < -0.3 is 4.90 Å². The molecule has 0 aliphatic heterocycles. The van der Waals surface area contributed by atoms with Crippen LogP contribution < -0.4 is 0 Å². The van der Waals surface area contributed by atoms with Crippen molar-refractivity contribution in [2.45, 2.75) is 90.4 Å². The van der Waals surface area contributed by atoms with Crippen LogP contribution in [0.3, 0.4) is 0 Å². The van der Waals surface area contributed by atoms with E-state index in [1.54, 1.807) is 16.7 Å². The van der Waals surface area contributed by atoms with Gasteiger partial charge in [0.15, 0.2) is 0 Å². The van der Waals surface area contributed by atoms with Gasteiger partial charge in [-0.1, -0.05) is 63.3 Å². The fraction of sp³-hybridized carbons (Fsp3) is 0.567. The number of halogens is 1. The molecular weight excluding hydrogens is 423 g/mol. The lowest BCUT2D eigenvalue weighted by atomic mass is 10.1. The first-order valence-electron chi connectivity index (χ1n) is 13.3. The number of allylic oxidation sites excluding steroid dienone is 4. The normalized spacial score (nSPS) is 12.1. The third-order valence-electron chi connectivity index (χ3n) is 6.29. The molecule has 0 radical (unpaired) electrons. The average Bonchev–Trinajstić information content (AvgIpc) is 3.17. The molecule has 0 unspecified atom stereocenters. The van der Waals surface area contributed by atoms with Crippen molar-refractivity contribution in [2.24, 2.45) is 0 Å². The van der Waals surface area contributed by atoms with Crippen molar-refractivity contribution in [1.29, 1.82) is 0 Å². The summed E-state index contributed by atoms with van der Waals surface area (Å²) in [4.78, 5) is 15.0. The zero-order valence-corrected chi connectivity index (χ0v) is 21.7. The molecule has 0 bridgehead atoms. The first-order valence-corrected chi connectivity index (χ1v) is 13.3. The Bertz CT molecular complexity index is 910. The third-order valence-corrected chi connectivity index (χ3v) is 6.29. The predicted octanol–water partition coefficient (Wildman–Crippen LogP) is 8.34. The lowest BCUT2D eigenvalue weighted by molar-refractivity contribution is 0.0904. The van der Waals surface area contributed by atoms with Crippen LogP contribution in [-0.4, -0.2) is 36.0 Å². The highest BCUT2D eigenvalue weighted by atomic mass is 19.1. The molecule has 2 aromatic rings. The van der Waals surface area contributed by atoms with Crippen LogP contribution >= 0.6 is 0 Å².